The first-order chi connectivity index (χ1) is 7.27. The fourth-order valence-electron chi connectivity index (χ4n) is 2.22. The Labute approximate surface area is 88.0 Å². The van der Waals surface area contributed by atoms with Gasteiger partial charge in [0, 0.05) is 12.0 Å². The molecule has 3 rings (SSSR count). The second kappa shape index (κ2) is 2.80. The fraction of sp³-hybridized carbons (Fsp3) is 0.0714. The highest BCUT2D eigenvalue weighted by molar-refractivity contribution is 6.19. The standard InChI is InChI=1S/C14H10O/c1-9-8-11-7-6-10-4-2-3-5-12(10)13(11)14(9)15/h2-7H,1,8H2. The van der Waals surface area contributed by atoms with Crippen molar-refractivity contribution in [3.8, 4) is 0 Å². The van der Waals surface area contributed by atoms with Crippen molar-refractivity contribution in [1.29, 1.82) is 0 Å². The zero-order chi connectivity index (χ0) is 10.4. The van der Waals surface area contributed by atoms with Crippen LogP contribution in [-0.2, 0) is 6.42 Å². The van der Waals surface area contributed by atoms with Crippen molar-refractivity contribution < 1.29 is 4.79 Å². The van der Waals surface area contributed by atoms with Crippen LogP contribution in [0.3, 0.4) is 0 Å². The van der Waals surface area contributed by atoms with Gasteiger partial charge in [0.2, 0.25) is 0 Å². The summed E-state index contributed by atoms with van der Waals surface area (Å²) < 4.78 is 0. The van der Waals surface area contributed by atoms with Gasteiger partial charge in [0.1, 0.15) is 0 Å². The fourth-order valence-corrected chi connectivity index (χ4v) is 2.22. The molecule has 1 nitrogen and oxygen atoms in total. The van der Waals surface area contributed by atoms with Gasteiger partial charge in [-0.2, -0.15) is 0 Å². The van der Waals surface area contributed by atoms with Crippen LogP contribution in [-0.4, -0.2) is 5.78 Å². The van der Waals surface area contributed by atoms with Crippen LogP contribution in [0.4, 0.5) is 0 Å². The Morgan fingerprint density at radius 3 is 2.73 bits per heavy atom. The number of hydrogen-bond donors (Lipinski definition) is 0. The van der Waals surface area contributed by atoms with Gasteiger partial charge < -0.3 is 0 Å². The molecule has 0 fully saturated rings. The highest BCUT2D eigenvalue weighted by Gasteiger charge is 2.24. The van der Waals surface area contributed by atoms with E-state index in [-0.39, 0.29) is 5.78 Å². The number of ketones is 1. The van der Waals surface area contributed by atoms with Crippen molar-refractivity contribution in [2.45, 2.75) is 6.42 Å². The number of rotatable bonds is 0. The zero-order valence-electron chi connectivity index (χ0n) is 8.29. The first kappa shape index (κ1) is 8.42. The minimum Gasteiger partial charge on any atom is -0.289 e. The van der Waals surface area contributed by atoms with E-state index in [1.807, 2.05) is 30.3 Å². The molecule has 1 aliphatic rings. The maximum absolute atomic E-state index is 11.9. The highest BCUT2D eigenvalue weighted by atomic mass is 16.1. The van der Waals surface area contributed by atoms with E-state index in [4.69, 9.17) is 0 Å². The minimum atomic E-state index is 0.113. The third-order valence-electron chi connectivity index (χ3n) is 2.97. The van der Waals surface area contributed by atoms with E-state index in [9.17, 15) is 4.79 Å². The largest absolute Gasteiger partial charge is 0.289 e. The summed E-state index contributed by atoms with van der Waals surface area (Å²) in [6, 6.07) is 12.1. The number of Topliss-reactive ketones (excluding diaryl/α,β-unsaturated/α-hetero) is 1. The average molecular weight is 194 g/mol. The minimum absolute atomic E-state index is 0.113. The molecule has 0 heterocycles. The van der Waals surface area contributed by atoms with Crippen LogP contribution in [0.5, 0.6) is 0 Å². The van der Waals surface area contributed by atoms with Gasteiger partial charge >= 0.3 is 0 Å². The number of hydrogen-bond acceptors (Lipinski definition) is 1. The molecule has 0 N–H and O–H groups in total. The molecule has 0 aromatic heterocycles. The molecule has 0 spiro atoms. The first-order valence-corrected chi connectivity index (χ1v) is 5.00. The van der Waals surface area contributed by atoms with Crippen molar-refractivity contribution in [1.82, 2.24) is 0 Å². The summed E-state index contributed by atoms with van der Waals surface area (Å²) in [4.78, 5) is 11.9. The zero-order valence-corrected chi connectivity index (χ0v) is 8.29. The van der Waals surface area contributed by atoms with Crippen LogP contribution < -0.4 is 0 Å². The van der Waals surface area contributed by atoms with Crippen LogP contribution in [0.1, 0.15) is 15.9 Å². The Bertz CT molecular complexity index is 593. The SMILES string of the molecule is C=C1Cc2ccc3ccccc3c2C1=O. The van der Waals surface area contributed by atoms with Crippen molar-refractivity contribution in [3.05, 3.63) is 59.7 Å². The lowest BCUT2D eigenvalue weighted by atomic mass is 10.0. The van der Waals surface area contributed by atoms with Crippen molar-refractivity contribution in [2.75, 3.05) is 0 Å². The molecule has 0 bridgehead atoms. The van der Waals surface area contributed by atoms with E-state index in [1.54, 1.807) is 0 Å². The van der Waals surface area contributed by atoms with Crippen LogP contribution in [0.15, 0.2) is 48.6 Å². The molecule has 0 saturated carbocycles. The number of fused-ring (bicyclic) bond motifs is 3. The van der Waals surface area contributed by atoms with Gasteiger partial charge in [0.25, 0.3) is 0 Å². The van der Waals surface area contributed by atoms with Crippen LogP contribution in [0, 0.1) is 0 Å². The number of carbonyl (C=O) groups is 1. The van der Waals surface area contributed by atoms with E-state index >= 15 is 0 Å². The van der Waals surface area contributed by atoms with Gasteiger partial charge in [-0.15, -0.1) is 0 Å². The molecular formula is C14H10O. The predicted octanol–water partition coefficient (Wildman–Crippen LogP) is 3.13. The Balaban J connectivity index is 2.45. The van der Waals surface area contributed by atoms with Crippen molar-refractivity contribution in [2.24, 2.45) is 0 Å². The van der Waals surface area contributed by atoms with Gasteiger partial charge in [-0.3, -0.25) is 4.79 Å². The lowest BCUT2D eigenvalue weighted by Gasteiger charge is -2.02. The molecular weight excluding hydrogens is 184 g/mol. The lowest BCUT2D eigenvalue weighted by Crippen LogP contribution is -1.94. The lowest BCUT2D eigenvalue weighted by molar-refractivity contribution is 0.104. The molecule has 2 aromatic rings. The van der Waals surface area contributed by atoms with Gasteiger partial charge in [-0.1, -0.05) is 43.0 Å². The maximum Gasteiger partial charge on any atom is 0.189 e. The first-order valence-electron chi connectivity index (χ1n) is 5.00. The highest BCUT2D eigenvalue weighted by Crippen LogP contribution is 2.31. The van der Waals surface area contributed by atoms with E-state index in [0.29, 0.717) is 12.0 Å². The molecule has 0 radical (unpaired) electrons. The Morgan fingerprint density at radius 2 is 1.87 bits per heavy atom. The summed E-state index contributed by atoms with van der Waals surface area (Å²) in [5.74, 6) is 0.113. The predicted molar refractivity (Wildman–Crippen MR) is 61.1 cm³/mol. The summed E-state index contributed by atoms with van der Waals surface area (Å²) in [6.45, 7) is 3.81. The Hall–Kier alpha value is -1.89. The number of carbonyl (C=O) groups excluding carboxylic acids is 1. The smallest absolute Gasteiger partial charge is 0.189 e. The van der Waals surface area contributed by atoms with Gasteiger partial charge in [0.05, 0.1) is 0 Å². The second-order valence-corrected chi connectivity index (χ2v) is 3.93. The van der Waals surface area contributed by atoms with Gasteiger partial charge in [-0.05, 0) is 21.9 Å². The van der Waals surface area contributed by atoms with Crippen molar-refractivity contribution >= 4 is 16.6 Å². The summed E-state index contributed by atoms with van der Waals surface area (Å²) in [7, 11) is 0. The average Bonchev–Trinajstić information content (AvgIpc) is 2.55. The summed E-state index contributed by atoms with van der Waals surface area (Å²) in [5.41, 5.74) is 2.68. The monoisotopic (exact) mass is 194 g/mol. The van der Waals surface area contributed by atoms with Crippen molar-refractivity contribution in [3.63, 3.8) is 0 Å². The quantitative estimate of drug-likeness (QED) is 0.589. The number of benzene rings is 2. The summed E-state index contributed by atoms with van der Waals surface area (Å²) >= 11 is 0. The Kier molecular flexibility index (Phi) is 1.57. The van der Waals surface area contributed by atoms with Gasteiger partial charge in [-0.25, -0.2) is 0 Å². The molecule has 1 aliphatic carbocycles. The molecule has 0 amide bonds. The second-order valence-electron chi connectivity index (χ2n) is 3.93. The van der Waals surface area contributed by atoms with Gasteiger partial charge in [0.15, 0.2) is 5.78 Å². The van der Waals surface area contributed by atoms with E-state index < -0.39 is 0 Å². The number of allylic oxidation sites excluding steroid dienone is 1. The molecule has 72 valence electrons. The molecule has 1 heteroatoms. The molecule has 2 aromatic carbocycles. The maximum atomic E-state index is 11.9. The summed E-state index contributed by atoms with van der Waals surface area (Å²) in [5, 5.41) is 2.18. The van der Waals surface area contributed by atoms with E-state index in [1.165, 1.54) is 0 Å². The molecule has 0 unspecified atom stereocenters. The summed E-state index contributed by atoms with van der Waals surface area (Å²) in [6.07, 6.45) is 0.707. The molecule has 15 heavy (non-hydrogen) atoms. The Morgan fingerprint density at radius 1 is 1.07 bits per heavy atom. The third-order valence-corrected chi connectivity index (χ3v) is 2.97. The van der Waals surface area contributed by atoms with E-state index in [0.717, 1.165) is 21.9 Å². The molecule has 0 atom stereocenters. The van der Waals surface area contributed by atoms with Crippen LogP contribution in [0.2, 0.25) is 0 Å². The van der Waals surface area contributed by atoms with Crippen LogP contribution in [0.25, 0.3) is 10.8 Å². The molecule has 0 saturated heterocycles. The van der Waals surface area contributed by atoms with E-state index in [2.05, 4.69) is 12.6 Å². The third kappa shape index (κ3) is 1.06. The topological polar surface area (TPSA) is 17.1 Å². The normalized spacial score (nSPS) is 14.7. The van der Waals surface area contributed by atoms with Crippen LogP contribution >= 0.6 is 0 Å². The molecule has 0 aliphatic heterocycles.